The topological polar surface area (TPSA) is 49.9 Å². The molecule has 122 valence electrons. The first-order chi connectivity index (χ1) is 10.2. The average Bonchev–Trinajstić information content (AvgIpc) is 3.04. The molecule has 1 unspecified atom stereocenters. The molecule has 2 amide bonds. The third-order valence-corrected chi connectivity index (χ3v) is 4.35. The van der Waals surface area contributed by atoms with Crippen molar-refractivity contribution in [2.24, 2.45) is 0 Å². The molecule has 1 aliphatic heterocycles. The van der Waals surface area contributed by atoms with Crippen LogP contribution >= 0.6 is 11.3 Å². The standard InChI is InChI=1S/C13H15F3N2O3S/c1-17(12(20)10-5-8(21-2)6-22-10)9-3-4-18(11(9)19)7-13(14,15)16/h5-6,9H,3-4,7H2,1-2H3. The minimum atomic E-state index is -4.44. The Hall–Kier alpha value is -1.77. The number of carbonyl (C=O) groups is 2. The normalized spacial score (nSPS) is 18.7. The lowest BCUT2D eigenvalue weighted by molar-refractivity contribution is -0.158. The Morgan fingerprint density at radius 1 is 1.55 bits per heavy atom. The van der Waals surface area contributed by atoms with Crippen molar-refractivity contribution in [1.29, 1.82) is 0 Å². The molecule has 0 saturated carbocycles. The highest BCUT2D eigenvalue weighted by Gasteiger charge is 2.42. The molecule has 1 aromatic rings. The van der Waals surface area contributed by atoms with Crippen molar-refractivity contribution in [1.82, 2.24) is 9.80 Å². The van der Waals surface area contributed by atoms with Crippen LogP contribution in [-0.4, -0.2) is 61.1 Å². The maximum absolute atomic E-state index is 12.4. The summed E-state index contributed by atoms with van der Waals surface area (Å²) in [6, 6.07) is 0.680. The third kappa shape index (κ3) is 3.52. The van der Waals surface area contributed by atoms with Gasteiger partial charge in [0.15, 0.2) is 0 Å². The van der Waals surface area contributed by atoms with Gasteiger partial charge in [-0.1, -0.05) is 0 Å². The van der Waals surface area contributed by atoms with Crippen LogP contribution in [0.4, 0.5) is 13.2 Å². The number of hydrogen-bond acceptors (Lipinski definition) is 4. The molecule has 0 N–H and O–H groups in total. The van der Waals surface area contributed by atoms with E-state index in [1.165, 1.54) is 25.1 Å². The molecule has 1 aromatic heterocycles. The van der Waals surface area contributed by atoms with Crippen molar-refractivity contribution in [3.05, 3.63) is 16.3 Å². The van der Waals surface area contributed by atoms with E-state index in [-0.39, 0.29) is 13.0 Å². The SMILES string of the molecule is COc1csc(C(=O)N(C)C2CCN(CC(F)(F)F)C2=O)c1. The predicted octanol–water partition coefficient (Wildman–Crippen LogP) is 1.99. The number of carbonyl (C=O) groups excluding carboxylic acids is 2. The molecule has 2 heterocycles. The monoisotopic (exact) mass is 336 g/mol. The zero-order chi connectivity index (χ0) is 16.5. The molecule has 0 bridgehead atoms. The van der Waals surface area contributed by atoms with Gasteiger partial charge < -0.3 is 14.5 Å². The molecule has 0 aliphatic carbocycles. The summed E-state index contributed by atoms with van der Waals surface area (Å²) in [6.07, 6.45) is -4.24. The Morgan fingerprint density at radius 2 is 2.23 bits per heavy atom. The molecule has 0 radical (unpaired) electrons. The summed E-state index contributed by atoms with van der Waals surface area (Å²) in [7, 11) is 2.89. The highest BCUT2D eigenvalue weighted by Crippen LogP contribution is 2.26. The highest BCUT2D eigenvalue weighted by atomic mass is 32.1. The first-order valence-corrected chi connectivity index (χ1v) is 7.36. The number of halogens is 3. The van der Waals surface area contributed by atoms with E-state index in [4.69, 9.17) is 4.74 Å². The number of ether oxygens (including phenoxy) is 1. The van der Waals surface area contributed by atoms with Crippen LogP contribution in [0.3, 0.4) is 0 Å². The summed E-state index contributed by atoms with van der Waals surface area (Å²) in [5.74, 6) is -0.546. The largest absolute Gasteiger partial charge is 0.496 e. The fourth-order valence-electron chi connectivity index (χ4n) is 2.31. The van der Waals surface area contributed by atoms with Crippen molar-refractivity contribution in [2.75, 3.05) is 27.2 Å². The lowest BCUT2D eigenvalue weighted by atomic mass is 10.2. The quantitative estimate of drug-likeness (QED) is 0.845. The van der Waals surface area contributed by atoms with Gasteiger partial charge >= 0.3 is 6.18 Å². The molecule has 0 spiro atoms. The van der Waals surface area contributed by atoms with Gasteiger partial charge in [0, 0.05) is 25.0 Å². The number of methoxy groups -OCH3 is 1. The summed E-state index contributed by atoms with van der Waals surface area (Å²) in [4.78, 5) is 26.6. The highest BCUT2D eigenvalue weighted by molar-refractivity contribution is 7.12. The van der Waals surface area contributed by atoms with Gasteiger partial charge in [-0.2, -0.15) is 13.2 Å². The maximum Gasteiger partial charge on any atom is 0.406 e. The Balaban J connectivity index is 2.05. The molecule has 0 aromatic carbocycles. The second-order valence-corrected chi connectivity index (χ2v) is 5.86. The molecule has 1 atom stereocenters. The van der Waals surface area contributed by atoms with Crippen LogP contribution in [-0.2, 0) is 4.79 Å². The molecule has 1 aliphatic rings. The summed E-state index contributed by atoms with van der Waals surface area (Å²) >= 11 is 1.16. The van der Waals surface area contributed by atoms with E-state index < -0.39 is 30.6 Å². The van der Waals surface area contributed by atoms with Crippen LogP contribution in [0.2, 0.25) is 0 Å². The van der Waals surface area contributed by atoms with Gasteiger partial charge in [-0.15, -0.1) is 11.3 Å². The van der Waals surface area contributed by atoms with Crippen LogP contribution in [0, 0.1) is 0 Å². The average molecular weight is 336 g/mol. The van der Waals surface area contributed by atoms with Crippen LogP contribution in [0.1, 0.15) is 16.1 Å². The molecular weight excluding hydrogens is 321 g/mol. The number of hydrogen-bond donors (Lipinski definition) is 0. The lowest BCUT2D eigenvalue weighted by Crippen LogP contribution is -2.44. The summed E-state index contributed by atoms with van der Waals surface area (Å²) in [6.45, 7) is -1.29. The van der Waals surface area contributed by atoms with Crippen LogP contribution in [0.25, 0.3) is 0 Å². The second kappa shape index (κ2) is 6.15. The van der Waals surface area contributed by atoms with Gasteiger partial charge in [0.05, 0.1) is 12.0 Å². The molecule has 22 heavy (non-hydrogen) atoms. The first-order valence-electron chi connectivity index (χ1n) is 6.48. The van der Waals surface area contributed by atoms with Gasteiger partial charge in [-0.25, -0.2) is 0 Å². The smallest absolute Gasteiger partial charge is 0.406 e. The summed E-state index contributed by atoms with van der Waals surface area (Å²) < 4.78 is 42.1. The molecule has 9 heteroatoms. The third-order valence-electron chi connectivity index (χ3n) is 3.45. The van der Waals surface area contributed by atoms with E-state index in [9.17, 15) is 22.8 Å². The van der Waals surface area contributed by atoms with Crippen molar-refractivity contribution >= 4 is 23.2 Å². The van der Waals surface area contributed by atoms with Crippen LogP contribution < -0.4 is 4.74 Å². The number of amides is 2. The van der Waals surface area contributed by atoms with E-state index in [2.05, 4.69) is 0 Å². The summed E-state index contributed by atoms with van der Waals surface area (Å²) in [5.41, 5.74) is 0. The Morgan fingerprint density at radius 3 is 2.77 bits per heavy atom. The van der Waals surface area contributed by atoms with Crippen molar-refractivity contribution in [3.63, 3.8) is 0 Å². The van der Waals surface area contributed by atoms with Gasteiger partial charge in [-0.05, 0) is 6.42 Å². The molecule has 5 nitrogen and oxygen atoms in total. The molecule has 1 fully saturated rings. The Bertz CT molecular complexity index is 573. The van der Waals surface area contributed by atoms with Crippen molar-refractivity contribution in [2.45, 2.75) is 18.6 Å². The Labute approximate surface area is 129 Å². The van der Waals surface area contributed by atoms with E-state index in [0.29, 0.717) is 10.6 Å². The zero-order valence-corrected chi connectivity index (χ0v) is 12.8. The van der Waals surface area contributed by atoms with E-state index in [0.717, 1.165) is 16.2 Å². The van der Waals surface area contributed by atoms with Gasteiger partial charge in [0.25, 0.3) is 5.91 Å². The van der Waals surface area contributed by atoms with Gasteiger partial charge in [0.2, 0.25) is 5.91 Å². The summed E-state index contributed by atoms with van der Waals surface area (Å²) in [5, 5.41) is 1.65. The number of thiophene rings is 1. The zero-order valence-electron chi connectivity index (χ0n) is 12.0. The first kappa shape index (κ1) is 16.6. The molecule has 2 rings (SSSR count). The number of nitrogens with zero attached hydrogens (tertiary/aromatic N) is 2. The minimum Gasteiger partial charge on any atom is -0.496 e. The second-order valence-electron chi connectivity index (χ2n) is 4.95. The van der Waals surface area contributed by atoms with Gasteiger partial charge in [-0.3, -0.25) is 9.59 Å². The van der Waals surface area contributed by atoms with Crippen LogP contribution in [0.5, 0.6) is 5.75 Å². The minimum absolute atomic E-state index is 0.00556. The number of likely N-dealkylation sites (N-methyl/N-ethyl adjacent to an activating group) is 1. The van der Waals surface area contributed by atoms with E-state index in [1.807, 2.05) is 0 Å². The van der Waals surface area contributed by atoms with E-state index in [1.54, 1.807) is 5.38 Å². The maximum atomic E-state index is 12.4. The lowest BCUT2D eigenvalue weighted by Gasteiger charge is -2.24. The fourth-order valence-corrected chi connectivity index (χ4v) is 3.14. The van der Waals surface area contributed by atoms with Gasteiger partial charge in [0.1, 0.15) is 18.3 Å². The number of alkyl halides is 3. The number of rotatable bonds is 4. The van der Waals surface area contributed by atoms with Crippen molar-refractivity contribution < 1.29 is 27.5 Å². The predicted molar refractivity (Wildman–Crippen MR) is 74.0 cm³/mol. The van der Waals surface area contributed by atoms with E-state index >= 15 is 0 Å². The fraction of sp³-hybridized carbons (Fsp3) is 0.538. The molecule has 1 saturated heterocycles. The molecular formula is C13H15F3N2O3S. The van der Waals surface area contributed by atoms with Crippen molar-refractivity contribution in [3.8, 4) is 5.75 Å². The Kier molecular flexibility index (Phi) is 4.64. The number of likely N-dealkylation sites (tertiary alicyclic amines) is 1. The van der Waals surface area contributed by atoms with Crippen LogP contribution in [0.15, 0.2) is 11.4 Å².